The van der Waals surface area contributed by atoms with Crippen molar-refractivity contribution in [3.8, 4) is 5.75 Å². The molecule has 5 nitrogen and oxygen atoms in total. The summed E-state index contributed by atoms with van der Waals surface area (Å²) in [5.74, 6) is -0.318. The van der Waals surface area contributed by atoms with Crippen molar-refractivity contribution in [3.05, 3.63) is 59.9 Å². The van der Waals surface area contributed by atoms with E-state index in [9.17, 15) is 14.0 Å². The van der Waals surface area contributed by atoms with Gasteiger partial charge in [0.05, 0.1) is 7.11 Å². The summed E-state index contributed by atoms with van der Waals surface area (Å²) in [6, 6.07) is 12.2. The summed E-state index contributed by atoms with van der Waals surface area (Å²) >= 11 is 0. The molecule has 2 aromatic carbocycles. The van der Waals surface area contributed by atoms with Crippen molar-refractivity contribution in [2.45, 2.75) is 6.42 Å². The minimum absolute atomic E-state index is 0.118. The predicted octanol–water partition coefficient (Wildman–Crippen LogP) is 2.59. The van der Waals surface area contributed by atoms with Crippen LogP contribution in [-0.4, -0.2) is 25.5 Å². The first-order chi connectivity index (χ1) is 11.1. The van der Waals surface area contributed by atoms with Gasteiger partial charge in [-0.05, 0) is 42.5 Å². The van der Waals surface area contributed by atoms with Gasteiger partial charge in [0.1, 0.15) is 11.6 Å². The third-order valence-electron chi connectivity index (χ3n) is 3.10. The van der Waals surface area contributed by atoms with E-state index in [-0.39, 0.29) is 30.6 Å². The predicted molar refractivity (Wildman–Crippen MR) is 85.0 cm³/mol. The molecule has 0 unspecified atom stereocenters. The fourth-order valence-electron chi connectivity index (χ4n) is 1.91. The molecule has 0 aromatic heterocycles. The smallest absolute Gasteiger partial charge is 0.251 e. The van der Waals surface area contributed by atoms with E-state index in [2.05, 4.69) is 10.6 Å². The molecule has 0 aliphatic carbocycles. The monoisotopic (exact) mass is 316 g/mol. The van der Waals surface area contributed by atoms with Crippen LogP contribution in [0.1, 0.15) is 16.8 Å². The summed E-state index contributed by atoms with van der Waals surface area (Å²) in [6.45, 7) is 0.197. The lowest BCUT2D eigenvalue weighted by molar-refractivity contribution is -0.116. The fraction of sp³-hybridized carbons (Fsp3) is 0.176. The molecule has 0 atom stereocenters. The average Bonchev–Trinajstić information content (AvgIpc) is 2.57. The first kappa shape index (κ1) is 16.5. The second-order valence-corrected chi connectivity index (χ2v) is 4.79. The van der Waals surface area contributed by atoms with Crippen molar-refractivity contribution < 1.29 is 18.7 Å². The molecule has 2 N–H and O–H groups in total. The summed E-state index contributed by atoms with van der Waals surface area (Å²) in [5, 5.41) is 5.28. The standard InChI is InChI=1S/C17H17FN2O3/c1-23-15-4-2-3-12(11-15)17(22)19-10-9-16(21)20-14-7-5-13(18)6-8-14/h2-8,11H,9-10H2,1H3,(H,19,22)(H,20,21). The number of methoxy groups -OCH3 is 1. The Morgan fingerprint density at radius 2 is 1.87 bits per heavy atom. The molecule has 0 spiro atoms. The van der Waals surface area contributed by atoms with Gasteiger partial charge in [-0.3, -0.25) is 9.59 Å². The molecule has 2 aromatic rings. The van der Waals surface area contributed by atoms with Crippen LogP contribution in [0.5, 0.6) is 5.75 Å². The van der Waals surface area contributed by atoms with Gasteiger partial charge in [0.2, 0.25) is 5.91 Å². The zero-order valence-electron chi connectivity index (χ0n) is 12.6. The fourth-order valence-corrected chi connectivity index (χ4v) is 1.91. The van der Waals surface area contributed by atoms with Gasteiger partial charge in [0.15, 0.2) is 0 Å². The number of halogens is 1. The summed E-state index contributed by atoms with van der Waals surface area (Å²) in [7, 11) is 1.52. The van der Waals surface area contributed by atoms with Crippen molar-refractivity contribution in [1.29, 1.82) is 0 Å². The normalized spacial score (nSPS) is 10.0. The summed E-state index contributed by atoms with van der Waals surface area (Å²) in [4.78, 5) is 23.7. The number of hydrogen-bond acceptors (Lipinski definition) is 3. The molecule has 0 heterocycles. The number of carbonyl (C=O) groups is 2. The molecule has 0 saturated carbocycles. The highest BCUT2D eigenvalue weighted by molar-refractivity contribution is 5.95. The van der Waals surface area contributed by atoms with Crippen LogP contribution in [0, 0.1) is 5.82 Å². The van der Waals surface area contributed by atoms with E-state index in [1.54, 1.807) is 24.3 Å². The molecule has 120 valence electrons. The topological polar surface area (TPSA) is 67.4 Å². The van der Waals surface area contributed by atoms with Crippen LogP contribution in [0.3, 0.4) is 0 Å². The Hall–Kier alpha value is -2.89. The van der Waals surface area contributed by atoms with Crippen molar-refractivity contribution in [3.63, 3.8) is 0 Å². The molecule has 0 aliphatic heterocycles. The maximum Gasteiger partial charge on any atom is 0.251 e. The first-order valence-electron chi connectivity index (χ1n) is 7.06. The Morgan fingerprint density at radius 1 is 1.13 bits per heavy atom. The lowest BCUT2D eigenvalue weighted by Crippen LogP contribution is -2.27. The highest BCUT2D eigenvalue weighted by Crippen LogP contribution is 2.12. The van der Waals surface area contributed by atoms with Crippen LogP contribution in [0.25, 0.3) is 0 Å². The van der Waals surface area contributed by atoms with E-state index < -0.39 is 0 Å². The van der Waals surface area contributed by atoms with Gasteiger partial charge in [-0.1, -0.05) is 6.07 Å². The van der Waals surface area contributed by atoms with E-state index in [0.29, 0.717) is 17.0 Å². The second kappa shape index (κ2) is 7.93. The van der Waals surface area contributed by atoms with Crippen molar-refractivity contribution >= 4 is 17.5 Å². The number of anilines is 1. The van der Waals surface area contributed by atoms with Crippen molar-refractivity contribution in [1.82, 2.24) is 5.32 Å². The number of nitrogens with one attached hydrogen (secondary N) is 2. The van der Waals surface area contributed by atoms with E-state index in [1.165, 1.54) is 31.4 Å². The Balaban J connectivity index is 1.78. The largest absolute Gasteiger partial charge is 0.497 e. The van der Waals surface area contributed by atoms with E-state index in [4.69, 9.17) is 4.74 Å². The third kappa shape index (κ3) is 5.10. The minimum Gasteiger partial charge on any atom is -0.497 e. The third-order valence-corrected chi connectivity index (χ3v) is 3.10. The molecule has 2 amide bonds. The summed E-state index contributed by atoms with van der Waals surface area (Å²) in [6.07, 6.45) is 0.118. The van der Waals surface area contributed by atoms with Crippen LogP contribution in [0.2, 0.25) is 0 Å². The maximum atomic E-state index is 12.8. The van der Waals surface area contributed by atoms with Gasteiger partial charge in [0, 0.05) is 24.2 Å². The SMILES string of the molecule is COc1cccc(C(=O)NCCC(=O)Nc2ccc(F)cc2)c1. The van der Waals surface area contributed by atoms with Crippen molar-refractivity contribution in [2.75, 3.05) is 19.0 Å². The van der Waals surface area contributed by atoms with Gasteiger partial charge in [0.25, 0.3) is 5.91 Å². The first-order valence-corrected chi connectivity index (χ1v) is 7.06. The van der Waals surface area contributed by atoms with Crippen molar-refractivity contribution in [2.24, 2.45) is 0 Å². The molecule has 0 bridgehead atoms. The zero-order valence-corrected chi connectivity index (χ0v) is 12.6. The highest BCUT2D eigenvalue weighted by atomic mass is 19.1. The van der Waals surface area contributed by atoms with Gasteiger partial charge in [-0.25, -0.2) is 4.39 Å². The van der Waals surface area contributed by atoms with Gasteiger partial charge < -0.3 is 15.4 Å². The number of ether oxygens (including phenoxy) is 1. The quantitative estimate of drug-likeness (QED) is 0.861. The Bertz CT molecular complexity index is 686. The summed E-state index contributed by atoms with van der Waals surface area (Å²) < 4.78 is 17.8. The molecular formula is C17H17FN2O3. The van der Waals surface area contributed by atoms with E-state index >= 15 is 0 Å². The zero-order chi connectivity index (χ0) is 16.7. The Labute approximate surface area is 133 Å². The molecule has 2 rings (SSSR count). The highest BCUT2D eigenvalue weighted by Gasteiger charge is 2.08. The summed E-state index contributed by atoms with van der Waals surface area (Å²) in [5.41, 5.74) is 0.971. The molecule has 23 heavy (non-hydrogen) atoms. The number of benzene rings is 2. The van der Waals surface area contributed by atoms with Gasteiger partial charge in [-0.15, -0.1) is 0 Å². The van der Waals surface area contributed by atoms with Crippen LogP contribution in [0.4, 0.5) is 10.1 Å². The van der Waals surface area contributed by atoms with E-state index in [1.807, 2.05) is 0 Å². The lowest BCUT2D eigenvalue weighted by atomic mass is 10.2. The average molecular weight is 316 g/mol. The Kier molecular flexibility index (Phi) is 5.68. The van der Waals surface area contributed by atoms with Crippen LogP contribution in [-0.2, 0) is 4.79 Å². The molecule has 6 heteroatoms. The van der Waals surface area contributed by atoms with Crippen LogP contribution < -0.4 is 15.4 Å². The van der Waals surface area contributed by atoms with Crippen LogP contribution in [0.15, 0.2) is 48.5 Å². The Morgan fingerprint density at radius 3 is 2.57 bits per heavy atom. The molecular weight excluding hydrogens is 299 g/mol. The molecule has 0 fully saturated rings. The van der Waals surface area contributed by atoms with E-state index in [0.717, 1.165) is 0 Å². The number of hydrogen-bond donors (Lipinski definition) is 2. The molecule has 0 saturated heterocycles. The number of rotatable bonds is 6. The molecule has 0 aliphatic rings. The lowest BCUT2D eigenvalue weighted by Gasteiger charge is -2.07. The number of carbonyl (C=O) groups excluding carboxylic acids is 2. The second-order valence-electron chi connectivity index (χ2n) is 4.79. The molecule has 0 radical (unpaired) electrons. The minimum atomic E-state index is -0.367. The number of amides is 2. The van der Waals surface area contributed by atoms with Gasteiger partial charge in [-0.2, -0.15) is 0 Å². The van der Waals surface area contributed by atoms with Gasteiger partial charge >= 0.3 is 0 Å². The van der Waals surface area contributed by atoms with Crippen LogP contribution >= 0.6 is 0 Å². The maximum absolute atomic E-state index is 12.8.